The fourth-order valence-corrected chi connectivity index (χ4v) is 5.54. The van der Waals surface area contributed by atoms with Gasteiger partial charge in [0.25, 0.3) is 0 Å². The first kappa shape index (κ1) is 27.3. The number of allylic oxidation sites excluding steroid dienone is 2. The van der Waals surface area contributed by atoms with E-state index in [-0.39, 0.29) is 17.9 Å². The maximum Gasteiger partial charge on any atom is 0.410 e. The monoisotopic (exact) mass is 551 g/mol. The summed E-state index contributed by atoms with van der Waals surface area (Å²) in [6.07, 6.45) is 11.9. The van der Waals surface area contributed by atoms with Crippen molar-refractivity contribution in [3.63, 3.8) is 0 Å². The molecule has 2 aromatic rings. The molecule has 0 spiro atoms. The molecule has 2 amide bonds. The lowest BCUT2D eigenvalue weighted by Gasteiger charge is -2.39. The zero-order valence-electron chi connectivity index (χ0n) is 23.1. The molecule has 208 valence electrons. The van der Waals surface area contributed by atoms with Crippen LogP contribution in [-0.2, 0) is 9.53 Å². The van der Waals surface area contributed by atoms with Crippen molar-refractivity contribution < 1.29 is 14.3 Å². The number of carbonyl (C=O) groups excluding carboxylic acids is 2. The summed E-state index contributed by atoms with van der Waals surface area (Å²) in [5.74, 6) is 1.15. The van der Waals surface area contributed by atoms with Gasteiger partial charge in [-0.05, 0) is 76.8 Å². The maximum absolute atomic E-state index is 13.4. The van der Waals surface area contributed by atoms with E-state index in [9.17, 15) is 9.59 Å². The Morgan fingerprint density at radius 1 is 0.949 bits per heavy atom. The third-order valence-electron chi connectivity index (χ3n) is 7.47. The summed E-state index contributed by atoms with van der Waals surface area (Å²) in [6, 6.07) is 7.77. The summed E-state index contributed by atoms with van der Waals surface area (Å²) >= 11 is 6.14. The quantitative estimate of drug-likeness (QED) is 0.581. The molecular weight excluding hydrogens is 514 g/mol. The van der Waals surface area contributed by atoms with E-state index >= 15 is 0 Å². The van der Waals surface area contributed by atoms with Crippen molar-refractivity contribution in [2.24, 2.45) is 5.92 Å². The lowest BCUT2D eigenvalue weighted by Crippen LogP contribution is -2.53. The van der Waals surface area contributed by atoms with Gasteiger partial charge < -0.3 is 19.4 Å². The molecule has 0 radical (unpaired) electrons. The minimum Gasteiger partial charge on any atom is -0.444 e. The van der Waals surface area contributed by atoms with Crippen molar-refractivity contribution in [1.82, 2.24) is 19.6 Å². The highest BCUT2D eigenvalue weighted by Crippen LogP contribution is 2.23. The van der Waals surface area contributed by atoms with Gasteiger partial charge in [0.2, 0.25) is 5.91 Å². The molecule has 1 aromatic heterocycles. The number of ether oxygens (including phenoxy) is 1. The number of piperidine rings is 1. The van der Waals surface area contributed by atoms with Crippen LogP contribution in [0.3, 0.4) is 0 Å². The SMILES string of the molecule is CC(C)(C)OC(=O)N1CCN(C(=O)C2CCN(c3nn(-c4ccc(Cl)cc4)c4c3=CC=CCCC=4)CC2)CC1. The Kier molecular flexibility index (Phi) is 8.03. The van der Waals surface area contributed by atoms with Gasteiger partial charge in [0.05, 0.1) is 11.0 Å². The molecule has 0 saturated carbocycles. The molecule has 2 aliphatic heterocycles. The normalized spacial score (nSPS) is 18.5. The molecule has 3 heterocycles. The van der Waals surface area contributed by atoms with Crippen LogP contribution in [0, 0.1) is 5.92 Å². The molecule has 5 rings (SSSR count). The van der Waals surface area contributed by atoms with Crippen LogP contribution < -0.4 is 15.5 Å². The smallest absolute Gasteiger partial charge is 0.410 e. The zero-order chi connectivity index (χ0) is 27.6. The van der Waals surface area contributed by atoms with Crippen LogP contribution in [0.5, 0.6) is 0 Å². The Morgan fingerprint density at radius 3 is 2.28 bits per heavy atom. The molecule has 0 bridgehead atoms. The van der Waals surface area contributed by atoms with Gasteiger partial charge in [-0.25, -0.2) is 9.48 Å². The Labute approximate surface area is 235 Å². The number of hydrogen-bond acceptors (Lipinski definition) is 5. The van der Waals surface area contributed by atoms with Crippen molar-refractivity contribution in [3.05, 3.63) is 52.0 Å². The fourth-order valence-electron chi connectivity index (χ4n) is 5.41. The van der Waals surface area contributed by atoms with Crippen LogP contribution in [-0.4, -0.2) is 76.5 Å². The fraction of sp³-hybridized carbons (Fsp3) is 0.500. The molecule has 2 saturated heterocycles. The molecule has 39 heavy (non-hydrogen) atoms. The van der Waals surface area contributed by atoms with E-state index < -0.39 is 5.60 Å². The minimum absolute atomic E-state index is 0.00933. The Morgan fingerprint density at radius 2 is 1.62 bits per heavy atom. The minimum atomic E-state index is -0.521. The number of aromatic nitrogens is 2. The number of fused-ring (bicyclic) bond motifs is 1. The number of benzene rings is 1. The van der Waals surface area contributed by atoms with Gasteiger partial charge in [0, 0.05) is 55.4 Å². The molecular formula is C30H38ClN5O3. The van der Waals surface area contributed by atoms with Crippen molar-refractivity contribution in [3.8, 4) is 5.69 Å². The van der Waals surface area contributed by atoms with E-state index in [1.807, 2.05) is 54.6 Å². The Hall–Kier alpha value is -3.26. The molecule has 2 fully saturated rings. The lowest BCUT2D eigenvalue weighted by atomic mass is 9.95. The van der Waals surface area contributed by atoms with Gasteiger partial charge in [0.15, 0.2) is 5.82 Å². The van der Waals surface area contributed by atoms with Crippen LogP contribution >= 0.6 is 11.6 Å². The lowest BCUT2D eigenvalue weighted by molar-refractivity contribution is -0.138. The second-order valence-corrected chi connectivity index (χ2v) is 11.9. The topological polar surface area (TPSA) is 70.9 Å². The number of piperazine rings is 1. The van der Waals surface area contributed by atoms with E-state index in [0.29, 0.717) is 31.2 Å². The van der Waals surface area contributed by atoms with Crippen molar-refractivity contribution in [2.75, 3.05) is 44.2 Å². The number of carbonyl (C=O) groups is 2. The summed E-state index contributed by atoms with van der Waals surface area (Å²) < 4.78 is 7.50. The molecule has 0 unspecified atom stereocenters. The summed E-state index contributed by atoms with van der Waals surface area (Å²) in [5.41, 5.74) is 0.457. The van der Waals surface area contributed by atoms with Crippen LogP contribution in [0.2, 0.25) is 5.02 Å². The molecule has 0 atom stereocenters. The molecule has 8 nitrogen and oxygen atoms in total. The summed E-state index contributed by atoms with van der Waals surface area (Å²) in [4.78, 5) is 31.7. The maximum atomic E-state index is 13.4. The van der Waals surface area contributed by atoms with E-state index in [1.54, 1.807) is 4.90 Å². The van der Waals surface area contributed by atoms with Gasteiger partial charge in [-0.2, -0.15) is 0 Å². The molecule has 1 aromatic carbocycles. The summed E-state index contributed by atoms with van der Waals surface area (Å²) in [6.45, 7) is 9.26. The number of hydrogen-bond donors (Lipinski definition) is 0. The zero-order valence-corrected chi connectivity index (χ0v) is 23.9. The second-order valence-electron chi connectivity index (χ2n) is 11.4. The Balaban J connectivity index is 1.26. The van der Waals surface area contributed by atoms with E-state index in [4.69, 9.17) is 21.4 Å². The average Bonchev–Trinajstić information content (AvgIpc) is 3.24. The largest absolute Gasteiger partial charge is 0.444 e. The van der Waals surface area contributed by atoms with Gasteiger partial charge in [0.1, 0.15) is 5.60 Å². The average molecular weight is 552 g/mol. The van der Waals surface area contributed by atoms with Crippen molar-refractivity contribution in [1.29, 1.82) is 0 Å². The third kappa shape index (κ3) is 6.32. The van der Waals surface area contributed by atoms with E-state index in [2.05, 4.69) is 29.2 Å². The van der Waals surface area contributed by atoms with Gasteiger partial charge in [-0.3, -0.25) is 4.79 Å². The first-order valence-electron chi connectivity index (χ1n) is 13.9. The number of anilines is 1. The second kappa shape index (κ2) is 11.5. The Bertz CT molecular complexity index is 1340. The molecule has 3 aliphatic rings. The molecule has 9 heteroatoms. The molecule has 1 aliphatic carbocycles. The highest BCUT2D eigenvalue weighted by molar-refractivity contribution is 6.30. The number of amides is 2. The predicted octanol–water partition coefficient (Wildman–Crippen LogP) is 3.73. The highest BCUT2D eigenvalue weighted by Gasteiger charge is 2.33. The van der Waals surface area contributed by atoms with Gasteiger partial charge in [-0.1, -0.05) is 29.8 Å². The van der Waals surface area contributed by atoms with Crippen molar-refractivity contribution >= 4 is 41.6 Å². The molecule has 0 N–H and O–H groups in total. The van der Waals surface area contributed by atoms with Crippen LogP contribution in [0.25, 0.3) is 17.8 Å². The summed E-state index contributed by atoms with van der Waals surface area (Å²) in [7, 11) is 0. The van der Waals surface area contributed by atoms with Crippen molar-refractivity contribution in [2.45, 2.75) is 52.1 Å². The van der Waals surface area contributed by atoms with Gasteiger partial charge in [-0.15, -0.1) is 5.10 Å². The van der Waals surface area contributed by atoms with E-state index in [0.717, 1.165) is 60.8 Å². The van der Waals surface area contributed by atoms with E-state index in [1.165, 1.54) is 0 Å². The first-order chi connectivity index (χ1) is 18.7. The third-order valence-corrected chi connectivity index (χ3v) is 7.72. The number of nitrogens with zero attached hydrogens (tertiary/aromatic N) is 5. The van der Waals surface area contributed by atoms with Crippen LogP contribution in [0.15, 0.2) is 36.4 Å². The van der Waals surface area contributed by atoms with Gasteiger partial charge >= 0.3 is 6.09 Å². The first-order valence-corrected chi connectivity index (χ1v) is 14.3. The van der Waals surface area contributed by atoms with Crippen LogP contribution in [0.4, 0.5) is 10.6 Å². The summed E-state index contributed by atoms with van der Waals surface area (Å²) in [5, 5.41) is 7.98. The number of halogens is 1. The number of rotatable bonds is 3. The predicted molar refractivity (Wildman–Crippen MR) is 154 cm³/mol. The van der Waals surface area contributed by atoms with Crippen LogP contribution in [0.1, 0.15) is 46.5 Å². The standard InChI is InChI=1S/C30H38ClN5O3/c1-30(2,3)39-29(38)35-20-18-34(19-21-35)28(37)22-14-16-33(17-15-22)27-25-8-6-4-5-7-9-26(25)36(32-27)24-12-10-23(31)11-13-24/h4,6,8-13,22H,5,7,14-21H2,1-3H3. The highest BCUT2D eigenvalue weighted by atomic mass is 35.5.